The van der Waals surface area contributed by atoms with E-state index in [-0.39, 0.29) is 12.0 Å². The quantitative estimate of drug-likeness (QED) is 0.825. The predicted molar refractivity (Wildman–Crippen MR) is 65.6 cm³/mol. The second-order valence-corrected chi connectivity index (χ2v) is 4.36. The lowest BCUT2D eigenvalue weighted by Crippen LogP contribution is -2.18. The van der Waals surface area contributed by atoms with Gasteiger partial charge < -0.3 is 15.2 Å². The molecule has 2 atom stereocenters. The van der Waals surface area contributed by atoms with Gasteiger partial charge in [-0.25, -0.2) is 9.97 Å². The Morgan fingerprint density at radius 2 is 2.39 bits per heavy atom. The van der Waals surface area contributed by atoms with Crippen LogP contribution in [0.25, 0.3) is 0 Å². The van der Waals surface area contributed by atoms with E-state index in [0.29, 0.717) is 24.7 Å². The first kappa shape index (κ1) is 12.6. The summed E-state index contributed by atoms with van der Waals surface area (Å²) in [6, 6.07) is 1.90. The van der Waals surface area contributed by atoms with Gasteiger partial charge >= 0.3 is 5.97 Å². The third kappa shape index (κ3) is 3.09. The lowest BCUT2D eigenvalue weighted by molar-refractivity contribution is -0.141. The molecule has 1 aliphatic carbocycles. The van der Waals surface area contributed by atoms with Gasteiger partial charge in [-0.3, -0.25) is 4.79 Å². The lowest BCUT2D eigenvalue weighted by Gasteiger charge is -2.13. The number of rotatable bonds is 5. The van der Waals surface area contributed by atoms with Crippen molar-refractivity contribution in [3.63, 3.8) is 0 Å². The number of aliphatic carboxylic acids is 1. The highest BCUT2D eigenvalue weighted by molar-refractivity contribution is 5.70. The van der Waals surface area contributed by atoms with Crippen LogP contribution in [-0.4, -0.2) is 33.7 Å². The SMILES string of the molecule is CCOc1cc(N[C@H]2CC[C@@H](C(=O)O)C2)ncn1. The normalized spacial score (nSPS) is 22.7. The monoisotopic (exact) mass is 251 g/mol. The van der Waals surface area contributed by atoms with Crippen LogP contribution < -0.4 is 10.1 Å². The zero-order valence-corrected chi connectivity index (χ0v) is 10.3. The van der Waals surface area contributed by atoms with Gasteiger partial charge in [-0.2, -0.15) is 0 Å². The van der Waals surface area contributed by atoms with Gasteiger partial charge in [0.2, 0.25) is 5.88 Å². The fourth-order valence-electron chi connectivity index (χ4n) is 2.19. The first-order chi connectivity index (χ1) is 8.69. The maximum atomic E-state index is 10.9. The Balaban J connectivity index is 1.94. The summed E-state index contributed by atoms with van der Waals surface area (Å²) in [4.78, 5) is 19.0. The standard InChI is InChI=1S/C12H17N3O3/c1-2-18-11-6-10(13-7-14-11)15-9-4-3-8(5-9)12(16)17/h6-9H,2-5H2,1H3,(H,16,17)(H,13,14,15)/t8-,9+/m1/s1. The summed E-state index contributed by atoms with van der Waals surface area (Å²) >= 11 is 0. The molecule has 1 aliphatic rings. The molecule has 6 nitrogen and oxygen atoms in total. The number of carbonyl (C=O) groups is 1. The molecule has 6 heteroatoms. The molecule has 1 fully saturated rings. The van der Waals surface area contributed by atoms with Crippen molar-refractivity contribution >= 4 is 11.8 Å². The highest BCUT2D eigenvalue weighted by Crippen LogP contribution is 2.28. The molecule has 0 radical (unpaired) electrons. The smallest absolute Gasteiger partial charge is 0.306 e. The van der Waals surface area contributed by atoms with Gasteiger partial charge in [0, 0.05) is 12.1 Å². The minimum absolute atomic E-state index is 0.162. The van der Waals surface area contributed by atoms with Crippen molar-refractivity contribution in [2.24, 2.45) is 5.92 Å². The number of nitrogens with zero attached hydrogens (tertiary/aromatic N) is 2. The van der Waals surface area contributed by atoms with Crippen molar-refractivity contribution in [3.8, 4) is 5.88 Å². The van der Waals surface area contributed by atoms with Crippen molar-refractivity contribution in [3.05, 3.63) is 12.4 Å². The summed E-state index contributed by atoms with van der Waals surface area (Å²) in [7, 11) is 0. The van der Waals surface area contributed by atoms with Crippen molar-refractivity contribution in [1.82, 2.24) is 9.97 Å². The molecular formula is C12H17N3O3. The van der Waals surface area contributed by atoms with E-state index in [1.54, 1.807) is 6.07 Å². The van der Waals surface area contributed by atoms with E-state index < -0.39 is 5.97 Å². The minimum Gasteiger partial charge on any atom is -0.481 e. The molecule has 2 rings (SSSR count). The molecule has 1 aromatic heterocycles. The van der Waals surface area contributed by atoms with Gasteiger partial charge in [-0.15, -0.1) is 0 Å². The van der Waals surface area contributed by atoms with Crippen LogP contribution in [0.15, 0.2) is 12.4 Å². The van der Waals surface area contributed by atoms with Gasteiger partial charge in [0.1, 0.15) is 12.1 Å². The Morgan fingerprint density at radius 3 is 3.06 bits per heavy atom. The third-order valence-corrected chi connectivity index (χ3v) is 3.07. The molecule has 0 bridgehead atoms. The fourth-order valence-corrected chi connectivity index (χ4v) is 2.19. The van der Waals surface area contributed by atoms with Crippen LogP contribution in [0.3, 0.4) is 0 Å². The highest BCUT2D eigenvalue weighted by atomic mass is 16.5. The van der Waals surface area contributed by atoms with Gasteiger partial charge in [0.05, 0.1) is 12.5 Å². The van der Waals surface area contributed by atoms with Gasteiger partial charge in [0.15, 0.2) is 0 Å². The van der Waals surface area contributed by atoms with E-state index in [2.05, 4.69) is 15.3 Å². The maximum absolute atomic E-state index is 10.9. The van der Waals surface area contributed by atoms with Gasteiger partial charge in [0.25, 0.3) is 0 Å². The zero-order valence-electron chi connectivity index (χ0n) is 10.3. The van der Waals surface area contributed by atoms with Crippen molar-refractivity contribution in [2.45, 2.75) is 32.2 Å². The number of ether oxygens (including phenoxy) is 1. The molecule has 0 aromatic carbocycles. The number of aromatic nitrogens is 2. The van der Waals surface area contributed by atoms with Crippen LogP contribution in [-0.2, 0) is 4.79 Å². The number of carboxylic acid groups (broad SMARTS) is 1. The molecule has 2 N–H and O–H groups in total. The first-order valence-electron chi connectivity index (χ1n) is 6.13. The fraction of sp³-hybridized carbons (Fsp3) is 0.583. The minimum atomic E-state index is -0.711. The highest BCUT2D eigenvalue weighted by Gasteiger charge is 2.29. The van der Waals surface area contributed by atoms with Gasteiger partial charge in [-0.1, -0.05) is 0 Å². The summed E-state index contributed by atoms with van der Waals surface area (Å²) in [6.45, 7) is 2.45. The van der Waals surface area contributed by atoms with E-state index >= 15 is 0 Å². The summed E-state index contributed by atoms with van der Waals surface area (Å²) in [5, 5.41) is 12.2. The maximum Gasteiger partial charge on any atom is 0.306 e. The van der Waals surface area contributed by atoms with Crippen LogP contribution in [0, 0.1) is 5.92 Å². The number of hydrogen-bond acceptors (Lipinski definition) is 5. The Hall–Kier alpha value is -1.85. The average Bonchev–Trinajstić information content (AvgIpc) is 2.78. The summed E-state index contributed by atoms with van der Waals surface area (Å²) < 4.78 is 5.29. The number of hydrogen-bond donors (Lipinski definition) is 2. The van der Waals surface area contributed by atoms with Crippen molar-refractivity contribution < 1.29 is 14.6 Å². The molecule has 1 aromatic rings. The molecule has 0 unspecified atom stereocenters. The van der Waals surface area contributed by atoms with E-state index in [0.717, 1.165) is 12.8 Å². The molecule has 0 amide bonds. The Bertz CT molecular complexity index is 425. The first-order valence-corrected chi connectivity index (χ1v) is 6.13. The topological polar surface area (TPSA) is 84.3 Å². The molecule has 18 heavy (non-hydrogen) atoms. The molecule has 1 saturated carbocycles. The van der Waals surface area contributed by atoms with E-state index in [1.165, 1.54) is 6.33 Å². The molecule has 98 valence electrons. The van der Waals surface area contributed by atoms with E-state index in [4.69, 9.17) is 9.84 Å². The molecule has 1 heterocycles. The third-order valence-electron chi connectivity index (χ3n) is 3.07. The summed E-state index contributed by atoms with van der Waals surface area (Å²) in [5.74, 6) is 0.264. The van der Waals surface area contributed by atoms with E-state index in [9.17, 15) is 4.79 Å². The van der Waals surface area contributed by atoms with Crippen molar-refractivity contribution in [2.75, 3.05) is 11.9 Å². The number of carboxylic acids is 1. The number of nitrogens with one attached hydrogen (secondary N) is 1. The van der Waals surface area contributed by atoms with Crippen LogP contribution in [0.5, 0.6) is 5.88 Å². The predicted octanol–water partition coefficient (Wildman–Crippen LogP) is 1.54. The molecule has 0 aliphatic heterocycles. The lowest BCUT2D eigenvalue weighted by atomic mass is 10.1. The Labute approximate surface area is 105 Å². The van der Waals surface area contributed by atoms with Crippen LogP contribution in [0.1, 0.15) is 26.2 Å². The molecular weight excluding hydrogens is 234 g/mol. The van der Waals surface area contributed by atoms with Crippen LogP contribution in [0.2, 0.25) is 0 Å². The van der Waals surface area contributed by atoms with Crippen LogP contribution in [0.4, 0.5) is 5.82 Å². The second kappa shape index (κ2) is 5.66. The van der Waals surface area contributed by atoms with Crippen LogP contribution >= 0.6 is 0 Å². The summed E-state index contributed by atoms with van der Waals surface area (Å²) in [5.41, 5.74) is 0. The Kier molecular flexibility index (Phi) is 3.96. The average molecular weight is 251 g/mol. The number of anilines is 1. The second-order valence-electron chi connectivity index (χ2n) is 4.36. The van der Waals surface area contributed by atoms with E-state index in [1.807, 2.05) is 6.92 Å². The largest absolute Gasteiger partial charge is 0.481 e. The van der Waals surface area contributed by atoms with Crippen molar-refractivity contribution in [1.29, 1.82) is 0 Å². The van der Waals surface area contributed by atoms with Gasteiger partial charge in [-0.05, 0) is 26.2 Å². The Morgan fingerprint density at radius 1 is 1.56 bits per heavy atom. The molecule has 0 spiro atoms. The summed E-state index contributed by atoms with van der Waals surface area (Å²) in [6.07, 6.45) is 3.65. The molecule has 0 saturated heterocycles. The zero-order chi connectivity index (χ0) is 13.0.